The molecule has 0 unspecified atom stereocenters. The zero-order valence-electron chi connectivity index (χ0n) is 10.3. The first-order valence-electron chi connectivity index (χ1n) is 6.04. The molecule has 1 aromatic heterocycles. The fraction of sp³-hybridized carbons (Fsp3) is 0.667. The summed E-state index contributed by atoms with van der Waals surface area (Å²) in [6.45, 7) is 1.67. The second-order valence-corrected chi connectivity index (χ2v) is 4.56. The van der Waals surface area contributed by atoms with Crippen molar-refractivity contribution in [2.24, 2.45) is 0 Å². The smallest absolute Gasteiger partial charge is 0.329 e. The van der Waals surface area contributed by atoms with E-state index in [0.29, 0.717) is 5.69 Å². The van der Waals surface area contributed by atoms with E-state index in [9.17, 15) is 9.59 Å². The van der Waals surface area contributed by atoms with E-state index in [1.807, 2.05) is 0 Å². The van der Waals surface area contributed by atoms with Crippen molar-refractivity contribution < 1.29 is 4.74 Å². The Balaban J connectivity index is 2.53. The number of nitrogens with one attached hydrogen (secondary N) is 1. The molecule has 1 aliphatic rings. The molecule has 1 aromatic rings. The van der Waals surface area contributed by atoms with Gasteiger partial charge in [0.2, 0.25) is 5.75 Å². The minimum atomic E-state index is -0.319. The predicted octanol–water partition coefficient (Wildman–Crippen LogP) is 1.36. The van der Waals surface area contributed by atoms with Gasteiger partial charge in [-0.05, 0) is 19.8 Å². The lowest BCUT2D eigenvalue weighted by Crippen LogP contribution is -2.39. The maximum atomic E-state index is 12.2. The van der Waals surface area contributed by atoms with Crippen LogP contribution in [0.25, 0.3) is 0 Å². The van der Waals surface area contributed by atoms with Gasteiger partial charge >= 0.3 is 5.69 Å². The number of aromatic amines is 1. The number of H-pyrrole nitrogens is 1. The van der Waals surface area contributed by atoms with E-state index in [4.69, 9.17) is 4.74 Å². The molecule has 0 spiro atoms. The van der Waals surface area contributed by atoms with Crippen LogP contribution in [0.4, 0.5) is 0 Å². The average molecular weight is 238 g/mol. The molecule has 0 saturated heterocycles. The summed E-state index contributed by atoms with van der Waals surface area (Å²) >= 11 is 0. The lowest BCUT2D eigenvalue weighted by molar-refractivity contribution is 0.322. The van der Waals surface area contributed by atoms with Gasteiger partial charge in [-0.3, -0.25) is 9.36 Å². The fourth-order valence-corrected chi connectivity index (χ4v) is 2.55. The van der Waals surface area contributed by atoms with Crippen molar-refractivity contribution in [1.82, 2.24) is 9.55 Å². The predicted molar refractivity (Wildman–Crippen MR) is 64.7 cm³/mol. The number of aryl methyl sites for hydroxylation is 1. The Bertz CT molecular complexity index is 509. The highest BCUT2D eigenvalue weighted by Crippen LogP contribution is 2.26. The Hall–Kier alpha value is -1.52. The molecule has 1 heterocycles. The Morgan fingerprint density at radius 2 is 1.88 bits per heavy atom. The minimum Gasteiger partial charge on any atom is -0.490 e. The third-order valence-corrected chi connectivity index (χ3v) is 3.41. The molecule has 0 aromatic carbocycles. The van der Waals surface area contributed by atoms with Crippen LogP contribution < -0.4 is 16.0 Å². The Morgan fingerprint density at radius 3 is 2.47 bits per heavy atom. The van der Waals surface area contributed by atoms with Crippen molar-refractivity contribution in [3.8, 4) is 5.75 Å². The highest BCUT2D eigenvalue weighted by molar-refractivity contribution is 5.22. The molecule has 0 amide bonds. The number of nitrogens with zero attached hydrogens (tertiary/aromatic N) is 1. The Morgan fingerprint density at radius 1 is 1.24 bits per heavy atom. The van der Waals surface area contributed by atoms with E-state index >= 15 is 0 Å². The second kappa shape index (κ2) is 4.77. The molecule has 0 radical (unpaired) electrons. The summed E-state index contributed by atoms with van der Waals surface area (Å²) in [4.78, 5) is 26.7. The van der Waals surface area contributed by atoms with Crippen LogP contribution >= 0.6 is 0 Å². The molecule has 0 atom stereocenters. The number of hydrogen-bond donors (Lipinski definition) is 1. The molecular formula is C12H18N2O3. The van der Waals surface area contributed by atoms with Crippen LogP contribution in [0, 0.1) is 6.92 Å². The van der Waals surface area contributed by atoms with Crippen molar-refractivity contribution in [3.63, 3.8) is 0 Å². The SMILES string of the molecule is COc1c(C)[nH]c(=O)n(C2CCCCC2)c1=O. The quantitative estimate of drug-likeness (QED) is 0.846. The molecule has 5 nitrogen and oxygen atoms in total. The van der Waals surface area contributed by atoms with Crippen molar-refractivity contribution in [3.05, 3.63) is 26.5 Å². The molecule has 0 aliphatic heterocycles. The first-order chi connectivity index (χ1) is 8.15. The summed E-state index contributed by atoms with van der Waals surface area (Å²) in [7, 11) is 1.45. The molecule has 1 N–H and O–H groups in total. The van der Waals surface area contributed by atoms with Gasteiger partial charge in [0.25, 0.3) is 5.56 Å². The van der Waals surface area contributed by atoms with Crippen LogP contribution in [0.15, 0.2) is 9.59 Å². The number of aromatic nitrogens is 2. The summed E-state index contributed by atoms with van der Waals surface area (Å²) < 4.78 is 6.38. The third kappa shape index (κ3) is 2.14. The lowest BCUT2D eigenvalue weighted by atomic mass is 9.95. The Labute approximate surface area is 99.4 Å². The van der Waals surface area contributed by atoms with E-state index in [0.717, 1.165) is 25.7 Å². The number of rotatable bonds is 2. The van der Waals surface area contributed by atoms with Crippen LogP contribution in [0.1, 0.15) is 43.8 Å². The molecule has 0 bridgehead atoms. The molecule has 1 fully saturated rings. The van der Waals surface area contributed by atoms with Crippen LogP contribution in [-0.2, 0) is 0 Å². The number of hydrogen-bond acceptors (Lipinski definition) is 3. The van der Waals surface area contributed by atoms with Gasteiger partial charge in [0.1, 0.15) is 0 Å². The molecule has 94 valence electrons. The van der Waals surface area contributed by atoms with Crippen molar-refractivity contribution >= 4 is 0 Å². The van der Waals surface area contributed by atoms with Crippen molar-refractivity contribution in [2.45, 2.75) is 45.1 Å². The largest absolute Gasteiger partial charge is 0.490 e. The summed E-state index contributed by atoms with van der Waals surface area (Å²) in [5.41, 5.74) is -0.129. The number of ether oxygens (including phenoxy) is 1. The molecule has 1 aliphatic carbocycles. The van der Waals surface area contributed by atoms with Gasteiger partial charge in [-0.1, -0.05) is 19.3 Å². The van der Waals surface area contributed by atoms with Crippen LogP contribution in [0.3, 0.4) is 0 Å². The van der Waals surface area contributed by atoms with Gasteiger partial charge < -0.3 is 9.72 Å². The van der Waals surface area contributed by atoms with E-state index in [2.05, 4.69) is 4.98 Å². The normalized spacial score (nSPS) is 17.1. The molecular weight excluding hydrogens is 220 g/mol. The maximum absolute atomic E-state index is 12.2. The Kier molecular flexibility index (Phi) is 3.36. The second-order valence-electron chi connectivity index (χ2n) is 4.56. The average Bonchev–Trinajstić information content (AvgIpc) is 2.30. The first kappa shape index (κ1) is 12.0. The van der Waals surface area contributed by atoms with Gasteiger partial charge in [-0.25, -0.2) is 4.79 Å². The highest BCUT2D eigenvalue weighted by Gasteiger charge is 2.21. The summed E-state index contributed by atoms with van der Waals surface area (Å²) in [6.07, 6.45) is 5.13. The standard InChI is InChI=1S/C12H18N2O3/c1-8-10(17-2)11(15)14(12(16)13-8)9-6-4-3-5-7-9/h9H,3-7H2,1-2H3,(H,13,16). The van der Waals surface area contributed by atoms with Crippen LogP contribution in [0.5, 0.6) is 5.75 Å². The van der Waals surface area contributed by atoms with Gasteiger partial charge in [0.05, 0.1) is 12.8 Å². The van der Waals surface area contributed by atoms with Crippen LogP contribution in [0.2, 0.25) is 0 Å². The zero-order chi connectivity index (χ0) is 12.4. The topological polar surface area (TPSA) is 64.1 Å². The van der Waals surface area contributed by atoms with Crippen LogP contribution in [-0.4, -0.2) is 16.7 Å². The van der Waals surface area contributed by atoms with E-state index in [1.54, 1.807) is 6.92 Å². The zero-order valence-corrected chi connectivity index (χ0v) is 10.3. The van der Waals surface area contributed by atoms with Gasteiger partial charge in [-0.2, -0.15) is 0 Å². The molecule has 17 heavy (non-hydrogen) atoms. The van der Waals surface area contributed by atoms with Gasteiger partial charge in [-0.15, -0.1) is 0 Å². The maximum Gasteiger partial charge on any atom is 0.329 e. The molecule has 5 heteroatoms. The summed E-state index contributed by atoms with van der Waals surface area (Å²) in [6, 6.07) is 0.0227. The van der Waals surface area contributed by atoms with Crippen molar-refractivity contribution in [2.75, 3.05) is 7.11 Å². The van der Waals surface area contributed by atoms with E-state index < -0.39 is 0 Å². The van der Waals surface area contributed by atoms with Gasteiger partial charge in [0, 0.05) is 6.04 Å². The minimum absolute atomic E-state index is 0.0227. The van der Waals surface area contributed by atoms with E-state index in [1.165, 1.54) is 18.1 Å². The lowest BCUT2D eigenvalue weighted by Gasteiger charge is -2.23. The monoisotopic (exact) mass is 238 g/mol. The van der Waals surface area contributed by atoms with E-state index in [-0.39, 0.29) is 23.0 Å². The summed E-state index contributed by atoms with van der Waals surface area (Å²) in [5.74, 6) is 0.246. The number of methoxy groups -OCH3 is 1. The fourth-order valence-electron chi connectivity index (χ4n) is 2.55. The van der Waals surface area contributed by atoms with Gasteiger partial charge in [0.15, 0.2) is 0 Å². The molecule has 2 rings (SSSR count). The molecule has 1 saturated carbocycles. The first-order valence-corrected chi connectivity index (χ1v) is 6.04. The highest BCUT2D eigenvalue weighted by atomic mass is 16.5. The van der Waals surface area contributed by atoms with Crippen molar-refractivity contribution in [1.29, 1.82) is 0 Å². The third-order valence-electron chi connectivity index (χ3n) is 3.41. The summed E-state index contributed by atoms with van der Waals surface area (Å²) in [5, 5.41) is 0.